The minimum Gasteiger partial charge on any atom is -0.324 e. The van der Waals surface area contributed by atoms with Crippen molar-refractivity contribution in [1.29, 1.82) is 5.26 Å². The van der Waals surface area contributed by atoms with Crippen LogP contribution in [0.5, 0.6) is 0 Å². The molecule has 0 bridgehead atoms. The highest BCUT2D eigenvalue weighted by molar-refractivity contribution is 5.81. The molecule has 1 aromatic carbocycles. The van der Waals surface area contributed by atoms with Crippen LogP contribution in [0.25, 0.3) is 0 Å². The highest BCUT2D eigenvalue weighted by atomic mass is 16.2. The van der Waals surface area contributed by atoms with Crippen LogP contribution in [0.3, 0.4) is 0 Å². The molecule has 0 unspecified atom stereocenters. The lowest BCUT2D eigenvalue weighted by atomic mass is 10.1. The second-order valence-electron chi connectivity index (χ2n) is 4.59. The molecule has 4 nitrogen and oxygen atoms in total. The zero-order valence-electron chi connectivity index (χ0n) is 11.4. The van der Waals surface area contributed by atoms with Crippen molar-refractivity contribution in [2.45, 2.75) is 38.8 Å². The van der Waals surface area contributed by atoms with Crippen molar-refractivity contribution in [2.24, 2.45) is 5.73 Å². The predicted molar refractivity (Wildman–Crippen MR) is 75.0 cm³/mol. The molecule has 102 valence electrons. The summed E-state index contributed by atoms with van der Waals surface area (Å²) in [5, 5.41) is 8.84. The molecule has 19 heavy (non-hydrogen) atoms. The highest BCUT2D eigenvalue weighted by Gasteiger charge is 2.20. The SMILES string of the molecule is CCCC[C@H](N)C(=O)N(CC#N)Cc1ccccc1. The van der Waals surface area contributed by atoms with Crippen LogP contribution in [-0.2, 0) is 11.3 Å². The number of nitrogens with zero attached hydrogens (tertiary/aromatic N) is 2. The standard InChI is InChI=1S/C15H21N3O/c1-2-3-9-14(17)15(19)18(11-10-16)12-13-7-5-4-6-8-13/h4-8,14H,2-3,9,11-12,17H2,1H3/t14-/m0/s1. The summed E-state index contributed by atoms with van der Waals surface area (Å²) in [6.07, 6.45) is 2.61. The van der Waals surface area contributed by atoms with Crippen LogP contribution < -0.4 is 5.73 Å². The number of benzene rings is 1. The normalized spacial score (nSPS) is 11.6. The monoisotopic (exact) mass is 259 g/mol. The molecule has 2 N–H and O–H groups in total. The van der Waals surface area contributed by atoms with E-state index < -0.39 is 6.04 Å². The third-order valence-electron chi connectivity index (χ3n) is 2.98. The van der Waals surface area contributed by atoms with Crippen LogP contribution in [0.4, 0.5) is 0 Å². The van der Waals surface area contributed by atoms with Crippen molar-refractivity contribution in [3.05, 3.63) is 35.9 Å². The van der Waals surface area contributed by atoms with Gasteiger partial charge in [-0.2, -0.15) is 5.26 Å². The van der Waals surface area contributed by atoms with Crippen LogP contribution in [0.15, 0.2) is 30.3 Å². The largest absolute Gasteiger partial charge is 0.324 e. The molecule has 0 aliphatic heterocycles. The smallest absolute Gasteiger partial charge is 0.240 e. The molecule has 0 fully saturated rings. The van der Waals surface area contributed by atoms with Gasteiger partial charge in [-0.05, 0) is 12.0 Å². The van der Waals surface area contributed by atoms with Gasteiger partial charge in [-0.1, -0.05) is 50.1 Å². The van der Waals surface area contributed by atoms with Crippen molar-refractivity contribution in [1.82, 2.24) is 4.90 Å². The van der Waals surface area contributed by atoms with Crippen molar-refractivity contribution in [2.75, 3.05) is 6.54 Å². The van der Waals surface area contributed by atoms with E-state index in [9.17, 15) is 4.79 Å². The average Bonchev–Trinajstić information content (AvgIpc) is 2.44. The quantitative estimate of drug-likeness (QED) is 0.762. The summed E-state index contributed by atoms with van der Waals surface area (Å²) < 4.78 is 0. The Kier molecular flexibility index (Phi) is 6.62. The minimum absolute atomic E-state index is 0.0769. The van der Waals surface area contributed by atoms with Crippen molar-refractivity contribution >= 4 is 5.91 Å². The Morgan fingerprint density at radius 1 is 1.42 bits per heavy atom. The number of hydrogen-bond donors (Lipinski definition) is 1. The maximum absolute atomic E-state index is 12.2. The first kappa shape index (κ1) is 15.2. The fourth-order valence-corrected chi connectivity index (χ4v) is 1.88. The molecular weight excluding hydrogens is 238 g/mol. The van der Waals surface area contributed by atoms with E-state index in [-0.39, 0.29) is 12.5 Å². The maximum atomic E-state index is 12.2. The number of carbonyl (C=O) groups excluding carboxylic acids is 1. The number of unbranched alkanes of at least 4 members (excludes halogenated alkanes) is 1. The van der Waals surface area contributed by atoms with Crippen LogP contribution in [0.1, 0.15) is 31.7 Å². The van der Waals surface area contributed by atoms with Gasteiger partial charge in [0.1, 0.15) is 6.54 Å². The molecule has 4 heteroatoms. The molecule has 0 aliphatic rings. The van der Waals surface area contributed by atoms with Crippen LogP contribution in [-0.4, -0.2) is 23.4 Å². The van der Waals surface area contributed by atoms with Gasteiger partial charge in [0.2, 0.25) is 5.91 Å². The Bertz CT molecular complexity index is 425. The summed E-state index contributed by atoms with van der Waals surface area (Å²) in [4.78, 5) is 13.7. The van der Waals surface area contributed by atoms with E-state index in [1.54, 1.807) is 0 Å². The van der Waals surface area contributed by atoms with Crippen LogP contribution in [0.2, 0.25) is 0 Å². The number of nitrogens with two attached hydrogens (primary N) is 1. The molecule has 1 rings (SSSR count). The zero-order valence-corrected chi connectivity index (χ0v) is 11.4. The maximum Gasteiger partial charge on any atom is 0.240 e. The number of rotatable bonds is 7. The van der Waals surface area contributed by atoms with E-state index in [2.05, 4.69) is 6.92 Å². The molecule has 1 aromatic rings. The number of hydrogen-bond acceptors (Lipinski definition) is 3. The second kappa shape index (κ2) is 8.28. The molecule has 0 aromatic heterocycles. The van der Waals surface area contributed by atoms with Gasteiger partial charge in [-0.25, -0.2) is 0 Å². The molecule has 1 amide bonds. The Morgan fingerprint density at radius 2 is 2.11 bits per heavy atom. The van der Waals surface area contributed by atoms with Crippen molar-refractivity contribution in [3.8, 4) is 6.07 Å². The number of nitriles is 1. The number of amides is 1. The van der Waals surface area contributed by atoms with Crippen LogP contribution >= 0.6 is 0 Å². The Morgan fingerprint density at radius 3 is 2.68 bits per heavy atom. The first-order valence-corrected chi connectivity index (χ1v) is 6.64. The summed E-state index contributed by atoms with van der Waals surface area (Å²) in [5.74, 6) is -0.140. The van der Waals surface area contributed by atoms with Gasteiger partial charge in [-0.15, -0.1) is 0 Å². The molecule has 1 atom stereocenters. The van der Waals surface area contributed by atoms with Gasteiger partial charge >= 0.3 is 0 Å². The molecule has 0 aliphatic carbocycles. The van der Waals surface area contributed by atoms with Crippen molar-refractivity contribution < 1.29 is 4.79 Å². The third-order valence-corrected chi connectivity index (χ3v) is 2.98. The predicted octanol–water partition coefficient (Wildman–Crippen LogP) is 2.06. The summed E-state index contributed by atoms with van der Waals surface area (Å²) in [6.45, 7) is 2.58. The van der Waals surface area contributed by atoms with Gasteiger partial charge in [-0.3, -0.25) is 4.79 Å². The third kappa shape index (κ3) is 5.11. The van der Waals surface area contributed by atoms with Crippen LogP contribution in [0, 0.1) is 11.3 Å². The van der Waals surface area contributed by atoms with Gasteiger partial charge in [0.05, 0.1) is 12.1 Å². The summed E-state index contributed by atoms with van der Waals surface area (Å²) in [5.41, 5.74) is 6.90. The van der Waals surface area contributed by atoms with Gasteiger partial charge in [0.15, 0.2) is 0 Å². The zero-order chi connectivity index (χ0) is 14.1. The molecule has 0 radical (unpaired) electrons. The summed E-state index contributed by atoms with van der Waals surface area (Å²) in [7, 11) is 0. The molecule has 0 heterocycles. The van der Waals surface area contributed by atoms with E-state index in [0.29, 0.717) is 13.0 Å². The lowest BCUT2D eigenvalue weighted by Crippen LogP contribution is -2.43. The Balaban J connectivity index is 2.66. The average molecular weight is 259 g/mol. The second-order valence-corrected chi connectivity index (χ2v) is 4.59. The fourth-order valence-electron chi connectivity index (χ4n) is 1.88. The topological polar surface area (TPSA) is 70.1 Å². The van der Waals surface area contributed by atoms with E-state index in [1.165, 1.54) is 4.90 Å². The highest BCUT2D eigenvalue weighted by Crippen LogP contribution is 2.08. The molecular formula is C15H21N3O. The van der Waals surface area contributed by atoms with Crippen molar-refractivity contribution in [3.63, 3.8) is 0 Å². The first-order valence-electron chi connectivity index (χ1n) is 6.64. The van der Waals surface area contributed by atoms with Gasteiger partial charge in [0.25, 0.3) is 0 Å². The molecule has 0 spiro atoms. The summed E-state index contributed by atoms with van der Waals surface area (Å²) in [6, 6.07) is 11.2. The summed E-state index contributed by atoms with van der Waals surface area (Å²) >= 11 is 0. The van der Waals surface area contributed by atoms with E-state index in [4.69, 9.17) is 11.0 Å². The van der Waals surface area contributed by atoms with E-state index >= 15 is 0 Å². The Hall–Kier alpha value is -1.86. The van der Waals surface area contributed by atoms with E-state index in [1.807, 2.05) is 36.4 Å². The lowest BCUT2D eigenvalue weighted by molar-refractivity contribution is -0.132. The van der Waals surface area contributed by atoms with Gasteiger partial charge in [0, 0.05) is 6.54 Å². The van der Waals surface area contributed by atoms with E-state index in [0.717, 1.165) is 18.4 Å². The Labute approximate surface area is 114 Å². The molecule has 0 saturated heterocycles. The number of carbonyl (C=O) groups is 1. The first-order chi connectivity index (χ1) is 9.19. The fraction of sp³-hybridized carbons (Fsp3) is 0.467. The molecule has 0 saturated carbocycles. The lowest BCUT2D eigenvalue weighted by Gasteiger charge is -2.23. The van der Waals surface area contributed by atoms with Gasteiger partial charge < -0.3 is 10.6 Å². The minimum atomic E-state index is -0.503.